The first kappa shape index (κ1) is 28.2. The normalized spacial score (nSPS) is 14.2. The second-order valence-corrected chi connectivity index (χ2v) is 11.4. The van der Waals surface area contributed by atoms with E-state index < -0.39 is 5.60 Å². The van der Waals surface area contributed by atoms with Gasteiger partial charge in [0.1, 0.15) is 17.1 Å². The Bertz CT molecular complexity index is 1500. The van der Waals surface area contributed by atoms with Crippen LogP contribution in [0.15, 0.2) is 55.0 Å². The number of fused-ring (bicyclic) bond motifs is 1. The zero-order valence-electron chi connectivity index (χ0n) is 24.6. The molecule has 0 N–H and O–H groups in total. The highest BCUT2D eigenvalue weighted by atomic mass is 16.6. The number of hydrogen-bond donors (Lipinski definition) is 0. The number of methoxy groups -OCH3 is 2. The average molecular weight is 559 g/mol. The van der Waals surface area contributed by atoms with Gasteiger partial charge in [-0.1, -0.05) is 0 Å². The topological polar surface area (TPSA) is 94.8 Å². The van der Waals surface area contributed by atoms with Crippen LogP contribution in [0.1, 0.15) is 33.6 Å². The fraction of sp³-hybridized carbons (Fsp3) is 0.419. The number of benzene rings is 2. The Kier molecular flexibility index (Phi) is 8.01. The molecule has 2 aromatic heterocycles. The third-order valence-corrected chi connectivity index (χ3v) is 7.19. The third kappa shape index (κ3) is 6.70. The third-order valence-electron chi connectivity index (χ3n) is 7.19. The lowest BCUT2D eigenvalue weighted by Gasteiger charge is -2.36. The Morgan fingerprint density at radius 1 is 0.976 bits per heavy atom. The lowest BCUT2D eigenvalue weighted by molar-refractivity contribution is 0.0187. The zero-order valence-corrected chi connectivity index (χ0v) is 24.6. The maximum absolute atomic E-state index is 12.6. The van der Waals surface area contributed by atoms with Crippen LogP contribution in [0.4, 0.5) is 16.2 Å². The molecule has 10 nitrogen and oxygen atoms in total. The summed E-state index contributed by atoms with van der Waals surface area (Å²) in [6.45, 7) is 7.75. The first-order chi connectivity index (χ1) is 19.6. The molecule has 0 unspecified atom stereocenters. The predicted octanol–water partition coefficient (Wildman–Crippen LogP) is 5.83. The van der Waals surface area contributed by atoms with Crippen LogP contribution < -0.4 is 14.4 Å². The highest BCUT2D eigenvalue weighted by Gasteiger charge is 2.28. The first-order valence-electron chi connectivity index (χ1n) is 13.9. The van der Waals surface area contributed by atoms with Gasteiger partial charge in [-0.15, -0.1) is 0 Å². The Hall–Kier alpha value is -4.34. The van der Waals surface area contributed by atoms with Gasteiger partial charge in [0.2, 0.25) is 0 Å². The van der Waals surface area contributed by atoms with E-state index in [0.717, 1.165) is 53.1 Å². The van der Waals surface area contributed by atoms with E-state index in [2.05, 4.69) is 27.1 Å². The van der Waals surface area contributed by atoms with Crippen molar-refractivity contribution < 1.29 is 19.0 Å². The number of hydrogen-bond acceptors (Lipinski definition) is 8. The molecule has 0 saturated carbocycles. The molecule has 41 heavy (non-hydrogen) atoms. The van der Waals surface area contributed by atoms with Gasteiger partial charge >= 0.3 is 6.09 Å². The van der Waals surface area contributed by atoms with Crippen molar-refractivity contribution in [2.24, 2.45) is 13.0 Å². The van der Waals surface area contributed by atoms with Gasteiger partial charge in [-0.25, -0.2) is 9.78 Å². The molecule has 1 amide bonds. The molecule has 216 valence electrons. The van der Waals surface area contributed by atoms with Crippen LogP contribution in [0.2, 0.25) is 0 Å². The highest BCUT2D eigenvalue weighted by Crippen LogP contribution is 2.36. The Morgan fingerprint density at radius 3 is 2.29 bits per heavy atom. The SMILES string of the molecule is COc1cc(OC)cc(N(CC2CCN(C(=O)OC(C)(C)C)CC2)c2ccc3ncc(-c4cnn(C)c4)nc3c2)c1. The van der Waals surface area contributed by atoms with E-state index in [1.54, 1.807) is 31.3 Å². The summed E-state index contributed by atoms with van der Waals surface area (Å²) in [5, 5.41) is 4.27. The van der Waals surface area contributed by atoms with Gasteiger partial charge in [-0.05, 0) is 57.7 Å². The van der Waals surface area contributed by atoms with E-state index >= 15 is 0 Å². The van der Waals surface area contributed by atoms with Crippen molar-refractivity contribution in [3.8, 4) is 22.8 Å². The number of anilines is 2. The maximum Gasteiger partial charge on any atom is 0.410 e. The summed E-state index contributed by atoms with van der Waals surface area (Å²) in [4.78, 5) is 26.3. The highest BCUT2D eigenvalue weighted by molar-refractivity contribution is 5.82. The molecule has 1 aliphatic heterocycles. The molecule has 5 rings (SSSR count). The van der Waals surface area contributed by atoms with Gasteiger partial charge in [0.05, 0.1) is 43.3 Å². The van der Waals surface area contributed by atoms with Crippen LogP contribution >= 0.6 is 0 Å². The van der Waals surface area contributed by atoms with Crippen LogP contribution in [0.5, 0.6) is 11.5 Å². The molecular weight excluding hydrogens is 520 g/mol. The van der Waals surface area contributed by atoms with Crippen LogP contribution in [0.25, 0.3) is 22.3 Å². The van der Waals surface area contributed by atoms with Gasteiger partial charge in [0.25, 0.3) is 0 Å². The van der Waals surface area contributed by atoms with Crippen molar-refractivity contribution in [2.45, 2.75) is 39.2 Å². The Balaban J connectivity index is 1.45. The first-order valence-corrected chi connectivity index (χ1v) is 13.9. The minimum absolute atomic E-state index is 0.247. The lowest BCUT2D eigenvalue weighted by Crippen LogP contribution is -2.43. The van der Waals surface area contributed by atoms with Gasteiger partial charge in [0, 0.05) is 68.0 Å². The number of carbonyl (C=O) groups excluding carboxylic acids is 1. The average Bonchev–Trinajstić information content (AvgIpc) is 3.40. The van der Waals surface area contributed by atoms with Crippen molar-refractivity contribution in [2.75, 3.05) is 38.8 Å². The monoisotopic (exact) mass is 558 g/mol. The molecule has 0 atom stereocenters. The number of amides is 1. The Labute approximate surface area is 240 Å². The standard InChI is InChI=1S/C31H38N6O4/c1-31(2,3)41-30(38)36-11-9-21(10-12-36)19-37(24-13-25(39-5)16-26(14-24)40-6)23-7-8-27-28(15-23)34-29(18-32-27)22-17-33-35(4)20-22/h7-8,13-18,20-21H,9-12,19H2,1-6H3. The molecule has 0 radical (unpaired) electrons. The summed E-state index contributed by atoms with van der Waals surface area (Å²) >= 11 is 0. The molecule has 1 fully saturated rings. The van der Waals surface area contributed by atoms with Crippen molar-refractivity contribution in [3.63, 3.8) is 0 Å². The van der Waals surface area contributed by atoms with E-state index in [0.29, 0.717) is 30.5 Å². The number of carbonyl (C=O) groups is 1. The molecule has 1 saturated heterocycles. The molecule has 10 heteroatoms. The van der Waals surface area contributed by atoms with Gasteiger partial charge in [-0.2, -0.15) is 5.10 Å². The largest absolute Gasteiger partial charge is 0.497 e. The lowest BCUT2D eigenvalue weighted by atomic mass is 9.95. The number of aromatic nitrogens is 4. The van der Waals surface area contributed by atoms with Gasteiger partial charge in [0.15, 0.2) is 0 Å². The fourth-order valence-electron chi connectivity index (χ4n) is 5.05. The van der Waals surface area contributed by atoms with Gasteiger partial charge < -0.3 is 24.0 Å². The number of likely N-dealkylation sites (tertiary alicyclic amines) is 1. The molecule has 0 bridgehead atoms. The molecule has 4 aromatic rings. The zero-order chi connectivity index (χ0) is 29.1. The maximum atomic E-state index is 12.6. The van der Waals surface area contributed by atoms with Gasteiger partial charge in [-0.3, -0.25) is 9.67 Å². The number of nitrogens with zero attached hydrogens (tertiary/aromatic N) is 6. The van der Waals surface area contributed by atoms with Crippen molar-refractivity contribution >= 4 is 28.5 Å². The van der Waals surface area contributed by atoms with Crippen molar-refractivity contribution in [1.82, 2.24) is 24.6 Å². The quantitative estimate of drug-likeness (QED) is 0.280. The Morgan fingerprint density at radius 2 is 1.68 bits per heavy atom. The number of aryl methyl sites for hydroxylation is 1. The summed E-state index contributed by atoms with van der Waals surface area (Å²) in [6.07, 6.45) is 6.99. The number of piperidine rings is 1. The fourth-order valence-corrected chi connectivity index (χ4v) is 5.05. The van der Waals surface area contributed by atoms with E-state index in [1.165, 1.54) is 0 Å². The molecular formula is C31H38N6O4. The van der Waals surface area contributed by atoms with E-state index in [9.17, 15) is 4.79 Å². The van der Waals surface area contributed by atoms with Crippen molar-refractivity contribution in [3.05, 3.63) is 55.0 Å². The molecule has 3 heterocycles. The summed E-state index contributed by atoms with van der Waals surface area (Å²) in [5.41, 5.74) is 4.72. The number of rotatable bonds is 7. The minimum Gasteiger partial charge on any atom is -0.497 e. The van der Waals surface area contributed by atoms with E-state index in [1.807, 2.05) is 63.2 Å². The summed E-state index contributed by atoms with van der Waals surface area (Å²) < 4.78 is 18.5. The smallest absolute Gasteiger partial charge is 0.410 e. The molecule has 0 spiro atoms. The minimum atomic E-state index is -0.508. The molecule has 2 aromatic carbocycles. The molecule has 1 aliphatic rings. The van der Waals surface area contributed by atoms with Crippen molar-refractivity contribution in [1.29, 1.82) is 0 Å². The van der Waals surface area contributed by atoms with E-state index in [-0.39, 0.29) is 6.09 Å². The van der Waals surface area contributed by atoms with Crippen LogP contribution in [-0.4, -0.2) is 70.2 Å². The summed E-state index contributed by atoms with van der Waals surface area (Å²) in [7, 11) is 5.19. The second kappa shape index (κ2) is 11.6. The predicted molar refractivity (Wildman–Crippen MR) is 159 cm³/mol. The summed E-state index contributed by atoms with van der Waals surface area (Å²) in [6, 6.07) is 12.0. The van der Waals surface area contributed by atoms with Crippen LogP contribution in [0, 0.1) is 5.92 Å². The summed E-state index contributed by atoms with van der Waals surface area (Å²) in [5.74, 6) is 1.78. The van der Waals surface area contributed by atoms with E-state index in [4.69, 9.17) is 19.2 Å². The van der Waals surface area contributed by atoms with Crippen LogP contribution in [0.3, 0.4) is 0 Å². The molecule has 0 aliphatic carbocycles. The van der Waals surface area contributed by atoms with Crippen LogP contribution in [-0.2, 0) is 11.8 Å². The number of ether oxygens (including phenoxy) is 3. The second-order valence-electron chi connectivity index (χ2n) is 11.4.